The van der Waals surface area contributed by atoms with Gasteiger partial charge in [0.25, 0.3) is 5.91 Å². The Balaban J connectivity index is 1.60. The van der Waals surface area contributed by atoms with Crippen molar-refractivity contribution in [3.63, 3.8) is 0 Å². The van der Waals surface area contributed by atoms with Crippen molar-refractivity contribution in [1.29, 1.82) is 0 Å². The Hall–Kier alpha value is -2.29. The van der Waals surface area contributed by atoms with E-state index in [1.54, 1.807) is 0 Å². The van der Waals surface area contributed by atoms with Crippen LogP contribution in [-0.2, 0) is 14.8 Å². The highest BCUT2D eigenvalue weighted by molar-refractivity contribution is 7.89. The quantitative estimate of drug-likeness (QED) is 0.710. The molecular formula is C24H29FN2O4S. The third-order valence-electron chi connectivity index (χ3n) is 6.35. The lowest BCUT2D eigenvalue weighted by Gasteiger charge is -2.31. The number of halogens is 1. The van der Waals surface area contributed by atoms with E-state index in [0.29, 0.717) is 5.92 Å². The molecule has 1 aliphatic carbocycles. The van der Waals surface area contributed by atoms with Crippen LogP contribution in [0, 0.1) is 11.7 Å². The molecule has 6 nitrogen and oxygen atoms in total. The minimum atomic E-state index is -4.05. The van der Waals surface area contributed by atoms with Crippen LogP contribution in [0.25, 0.3) is 0 Å². The molecule has 2 fully saturated rings. The van der Waals surface area contributed by atoms with E-state index in [0.717, 1.165) is 43.4 Å². The third kappa shape index (κ3) is 5.03. The molecule has 4 rings (SSSR count). The number of benzene rings is 2. The molecule has 1 N–H and O–H groups in total. The van der Waals surface area contributed by atoms with Crippen molar-refractivity contribution in [2.24, 2.45) is 5.92 Å². The summed E-state index contributed by atoms with van der Waals surface area (Å²) in [5.74, 6) is -0.949. The normalized spacial score (nSPS) is 19.4. The molecule has 1 heterocycles. The number of ether oxygens (including phenoxy) is 1. The summed E-state index contributed by atoms with van der Waals surface area (Å²) < 4.78 is 46.9. The fourth-order valence-corrected chi connectivity index (χ4v) is 6.09. The standard InChI is InChI=1S/C24H29FN2O4S/c25-21-12-11-20(17-22(21)32(29,30)27-13-15-31-16-14-27)24(28)26-23(18-7-3-1-4-8-18)19-9-5-2-6-10-19/h1,3-4,7-8,11-12,17,19,23H,2,5-6,9-10,13-16H2,(H,26,28). The molecule has 2 aromatic rings. The topological polar surface area (TPSA) is 75.7 Å². The number of hydrogen-bond donors (Lipinski definition) is 1. The van der Waals surface area contributed by atoms with E-state index in [1.807, 2.05) is 30.3 Å². The molecule has 1 atom stereocenters. The molecule has 1 saturated heterocycles. The van der Waals surface area contributed by atoms with Gasteiger partial charge in [-0.2, -0.15) is 4.31 Å². The molecule has 2 aliphatic rings. The van der Waals surface area contributed by atoms with Crippen molar-refractivity contribution in [2.75, 3.05) is 26.3 Å². The summed E-state index contributed by atoms with van der Waals surface area (Å²) >= 11 is 0. The summed E-state index contributed by atoms with van der Waals surface area (Å²) in [6, 6.07) is 13.2. The Morgan fingerprint density at radius 3 is 2.41 bits per heavy atom. The van der Waals surface area contributed by atoms with Crippen LogP contribution in [0.2, 0.25) is 0 Å². The number of hydrogen-bond acceptors (Lipinski definition) is 4. The van der Waals surface area contributed by atoms with Crippen molar-refractivity contribution >= 4 is 15.9 Å². The van der Waals surface area contributed by atoms with Crippen molar-refractivity contribution in [3.8, 4) is 0 Å². The summed E-state index contributed by atoms with van der Waals surface area (Å²) in [5.41, 5.74) is 1.16. The molecule has 1 amide bonds. The van der Waals surface area contributed by atoms with Crippen molar-refractivity contribution in [3.05, 3.63) is 65.5 Å². The fourth-order valence-electron chi connectivity index (χ4n) is 4.59. The van der Waals surface area contributed by atoms with Crippen molar-refractivity contribution in [2.45, 2.75) is 43.0 Å². The summed E-state index contributed by atoms with van der Waals surface area (Å²) in [4.78, 5) is 12.7. The highest BCUT2D eigenvalue weighted by Crippen LogP contribution is 2.34. The molecule has 1 unspecified atom stereocenters. The minimum absolute atomic E-state index is 0.134. The third-order valence-corrected chi connectivity index (χ3v) is 8.26. The van der Waals surface area contributed by atoms with Crippen molar-refractivity contribution < 1.29 is 22.3 Å². The molecule has 172 valence electrons. The Labute approximate surface area is 188 Å². The van der Waals surface area contributed by atoms with Crippen LogP contribution in [0.4, 0.5) is 4.39 Å². The van der Waals surface area contributed by atoms with Crippen LogP contribution in [0.5, 0.6) is 0 Å². The number of rotatable bonds is 6. The average Bonchev–Trinajstić information content (AvgIpc) is 2.84. The summed E-state index contributed by atoms with van der Waals surface area (Å²) in [6.45, 7) is 0.855. The predicted octanol–water partition coefficient (Wildman–Crippen LogP) is 3.90. The van der Waals surface area contributed by atoms with Crippen LogP contribution >= 0.6 is 0 Å². The van der Waals surface area contributed by atoms with Crippen LogP contribution in [0.15, 0.2) is 53.4 Å². The Morgan fingerprint density at radius 2 is 1.72 bits per heavy atom. The van der Waals surface area contributed by atoms with Gasteiger partial charge in [0, 0.05) is 18.7 Å². The molecule has 1 aliphatic heterocycles. The number of nitrogens with zero attached hydrogens (tertiary/aromatic N) is 1. The second-order valence-electron chi connectivity index (χ2n) is 8.42. The van der Waals surface area contributed by atoms with Gasteiger partial charge in [0.15, 0.2) is 0 Å². The second kappa shape index (κ2) is 10.1. The van der Waals surface area contributed by atoms with Gasteiger partial charge in [0.1, 0.15) is 10.7 Å². The van der Waals surface area contributed by atoms with Gasteiger partial charge in [-0.15, -0.1) is 0 Å². The van der Waals surface area contributed by atoms with Gasteiger partial charge in [0.2, 0.25) is 10.0 Å². The first-order chi connectivity index (χ1) is 15.5. The Morgan fingerprint density at radius 1 is 1.03 bits per heavy atom. The maximum atomic E-state index is 14.5. The van der Waals surface area contributed by atoms with Crippen LogP contribution in [-0.4, -0.2) is 44.9 Å². The van der Waals surface area contributed by atoms with E-state index in [2.05, 4.69) is 5.32 Å². The predicted molar refractivity (Wildman–Crippen MR) is 119 cm³/mol. The lowest BCUT2D eigenvalue weighted by atomic mass is 9.81. The summed E-state index contributed by atoms with van der Waals surface area (Å²) in [5, 5.41) is 3.11. The van der Waals surface area contributed by atoms with Crippen LogP contribution in [0.3, 0.4) is 0 Å². The van der Waals surface area contributed by atoms with Gasteiger partial charge < -0.3 is 10.1 Å². The van der Waals surface area contributed by atoms with Gasteiger partial charge in [0.05, 0.1) is 19.3 Å². The van der Waals surface area contributed by atoms with Crippen LogP contribution < -0.4 is 5.32 Å². The molecule has 1 saturated carbocycles. The van der Waals surface area contributed by atoms with Gasteiger partial charge in [-0.05, 0) is 42.5 Å². The molecule has 32 heavy (non-hydrogen) atoms. The molecule has 2 aromatic carbocycles. The fraction of sp³-hybridized carbons (Fsp3) is 0.458. The van der Waals surface area contributed by atoms with Gasteiger partial charge >= 0.3 is 0 Å². The van der Waals surface area contributed by atoms with E-state index in [4.69, 9.17) is 4.74 Å². The number of nitrogens with one attached hydrogen (secondary N) is 1. The lowest BCUT2D eigenvalue weighted by molar-refractivity contribution is 0.0729. The highest BCUT2D eigenvalue weighted by Gasteiger charge is 2.31. The first-order valence-corrected chi connectivity index (χ1v) is 12.6. The number of morpholine rings is 1. The van der Waals surface area contributed by atoms with Gasteiger partial charge in [-0.25, -0.2) is 12.8 Å². The van der Waals surface area contributed by atoms with E-state index in [9.17, 15) is 17.6 Å². The number of sulfonamides is 1. The van der Waals surface area contributed by atoms with E-state index >= 15 is 0 Å². The molecular weight excluding hydrogens is 431 g/mol. The molecule has 0 radical (unpaired) electrons. The first-order valence-electron chi connectivity index (χ1n) is 11.2. The largest absolute Gasteiger partial charge is 0.379 e. The second-order valence-corrected chi connectivity index (χ2v) is 10.3. The number of carbonyl (C=O) groups is 1. The van der Waals surface area contributed by atoms with Crippen LogP contribution in [0.1, 0.15) is 54.1 Å². The summed E-state index contributed by atoms with van der Waals surface area (Å²) in [6.07, 6.45) is 5.51. The molecule has 8 heteroatoms. The molecule has 0 aromatic heterocycles. The maximum Gasteiger partial charge on any atom is 0.251 e. The molecule has 0 spiro atoms. The highest BCUT2D eigenvalue weighted by atomic mass is 32.2. The number of carbonyl (C=O) groups excluding carboxylic acids is 1. The Bertz CT molecular complexity index is 1030. The maximum absolute atomic E-state index is 14.5. The van der Waals surface area contributed by atoms with Gasteiger partial charge in [-0.3, -0.25) is 4.79 Å². The van der Waals surface area contributed by atoms with E-state index in [-0.39, 0.29) is 37.9 Å². The average molecular weight is 461 g/mol. The SMILES string of the molecule is O=C(NC(c1ccccc1)C1CCCCC1)c1ccc(F)c(S(=O)(=O)N2CCOCC2)c1. The zero-order chi connectivity index (χ0) is 22.6. The minimum Gasteiger partial charge on any atom is -0.379 e. The zero-order valence-corrected chi connectivity index (χ0v) is 18.8. The smallest absolute Gasteiger partial charge is 0.251 e. The van der Waals surface area contributed by atoms with E-state index in [1.165, 1.54) is 16.8 Å². The monoisotopic (exact) mass is 460 g/mol. The zero-order valence-electron chi connectivity index (χ0n) is 18.0. The van der Waals surface area contributed by atoms with Gasteiger partial charge in [-0.1, -0.05) is 49.6 Å². The Kier molecular flexibility index (Phi) is 7.23. The molecule has 0 bridgehead atoms. The number of amides is 1. The summed E-state index contributed by atoms with van der Waals surface area (Å²) in [7, 11) is -4.05. The lowest BCUT2D eigenvalue weighted by Crippen LogP contribution is -2.41. The first kappa shape index (κ1) is 22.9. The van der Waals surface area contributed by atoms with Crippen molar-refractivity contribution in [1.82, 2.24) is 9.62 Å². The van der Waals surface area contributed by atoms with E-state index < -0.39 is 26.6 Å².